The summed E-state index contributed by atoms with van der Waals surface area (Å²) in [5, 5.41) is 0. The summed E-state index contributed by atoms with van der Waals surface area (Å²) in [5.41, 5.74) is 2.08. The Bertz CT molecular complexity index is 894. The molecular formula is C23H23NO4. The first-order chi connectivity index (χ1) is 13.6. The monoisotopic (exact) mass is 377 g/mol. The van der Waals surface area contributed by atoms with Gasteiger partial charge in [0.2, 0.25) is 11.8 Å². The lowest BCUT2D eigenvalue weighted by molar-refractivity contribution is -0.122. The van der Waals surface area contributed by atoms with Crippen LogP contribution in [0.5, 0.6) is 5.75 Å². The molecule has 2 fully saturated rings. The number of amides is 2. The summed E-state index contributed by atoms with van der Waals surface area (Å²) in [6.07, 6.45) is 3.50. The predicted molar refractivity (Wildman–Crippen MR) is 105 cm³/mol. The topological polar surface area (TPSA) is 63.7 Å². The van der Waals surface area contributed by atoms with Gasteiger partial charge in [0.15, 0.2) is 12.4 Å². The lowest BCUT2D eigenvalue weighted by Crippen LogP contribution is -2.31. The Labute approximate surface area is 164 Å². The van der Waals surface area contributed by atoms with E-state index in [4.69, 9.17) is 4.74 Å². The third-order valence-electron chi connectivity index (χ3n) is 5.68. The van der Waals surface area contributed by atoms with Crippen LogP contribution in [-0.2, 0) is 9.59 Å². The molecule has 2 amide bonds. The van der Waals surface area contributed by atoms with Crippen molar-refractivity contribution in [2.24, 2.45) is 11.8 Å². The second kappa shape index (κ2) is 7.58. The van der Waals surface area contributed by atoms with Crippen LogP contribution in [0.1, 0.15) is 41.6 Å². The molecule has 5 heteroatoms. The number of aryl methyl sites for hydroxylation is 1. The second-order valence-electron chi connectivity index (χ2n) is 7.55. The highest BCUT2D eigenvalue weighted by Gasteiger charge is 2.49. The highest BCUT2D eigenvalue weighted by molar-refractivity contribution is 6.22. The Hall–Kier alpha value is -2.95. The summed E-state index contributed by atoms with van der Waals surface area (Å²) in [6.45, 7) is 1.81. The molecule has 0 N–H and O–H groups in total. The van der Waals surface area contributed by atoms with Gasteiger partial charge in [-0.3, -0.25) is 14.4 Å². The lowest BCUT2D eigenvalue weighted by Gasteiger charge is -2.19. The zero-order chi connectivity index (χ0) is 19.7. The third-order valence-corrected chi connectivity index (χ3v) is 5.68. The fourth-order valence-corrected chi connectivity index (χ4v) is 4.13. The third kappa shape index (κ3) is 3.33. The van der Waals surface area contributed by atoms with Crippen LogP contribution in [0.4, 0.5) is 5.69 Å². The largest absolute Gasteiger partial charge is 0.483 e. The summed E-state index contributed by atoms with van der Waals surface area (Å²) in [6, 6.07) is 14.2. The number of benzene rings is 2. The fraction of sp³-hybridized carbons (Fsp3) is 0.348. The first-order valence-corrected chi connectivity index (χ1v) is 9.76. The van der Waals surface area contributed by atoms with E-state index in [1.54, 1.807) is 36.4 Å². The smallest absolute Gasteiger partial charge is 0.237 e. The van der Waals surface area contributed by atoms with Crippen molar-refractivity contribution in [1.82, 2.24) is 0 Å². The minimum Gasteiger partial charge on any atom is -0.483 e. The number of anilines is 1. The van der Waals surface area contributed by atoms with Crippen LogP contribution >= 0.6 is 0 Å². The highest BCUT2D eigenvalue weighted by Crippen LogP contribution is 2.42. The Balaban J connectivity index is 1.54. The Morgan fingerprint density at radius 3 is 2.21 bits per heavy atom. The SMILES string of the molecule is Cc1ccc(C(=O)COc2ccccc2N2C(=O)[C@H]3CCCC[C@@H]3C2=O)cc1. The molecule has 0 unspecified atom stereocenters. The molecule has 144 valence electrons. The van der Waals surface area contributed by atoms with E-state index in [2.05, 4.69) is 0 Å². The van der Waals surface area contributed by atoms with Gasteiger partial charge < -0.3 is 4.74 Å². The molecular weight excluding hydrogens is 354 g/mol. The van der Waals surface area contributed by atoms with Gasteiger partial charge in [0, 0.05) is 5.56 Å². The van der Waals surface area contributed by atoms with Crippen molar-refractivity contribution in [3.05, 3.63) is 59.7 Å². The quantitative estimate of drug-likeness (QED) is 0.585. The van der Waals surface area contributed by atoms with Crippen molar-refractivity contribution in [2.75, 3.05) is 11.5 Å². The van der Waals surface area contributed by atoms with Crippen molar-refractivity contribution in [3.8, 4) is 5.75 Å². The van der Waals surface area contributed by atoms with E-state index in [1.807, 2.05) is 19.1 Å². The molecule has 2 aromatic carbocycles. The maximum Gasteiger partial charge on any atom is 0.237 e. The molecule has 2 aliphatic rings. The van der Waals surface area contributed by atoms with Gasteiger partial charge in [-0.15, -0.1) is 0 Å². The van der Waals surface area contributed by atoms with E-state index in [0.717, 1.165) is 31.2 Å². The second-order valence-corrected chi connectivity index (χ2v) is 7.55. The molecule has 2 atom stereocenters. The molecule has 0 aromatic heterocycles. The summed E-state index contributed by atoms with van der Waals surface area (Å²) in [4.78, 5) is 39.4. The van der Waals surface area contributed by atoms with E-state index in [1.165, 1.54) is 4.90 Å². The highest BCUT2D eigenvalue weighted by atomic mass is 16.5. The lowest BCUT2D eigenvalue weighted by atomic mass is 9.81. The summed E-state index contributed by atoms with van der Waals surface area (Å²) < 4.78 is 5.75. The van der Waals surface area contributed by atoms with Gasteiger partial charge in [-0.2, -0.15) is 0 Å². The Morgan fingerprint density at radius 1 is 0.964 bits per heavy atom. The Morgan fingerprint density at radius 2 is 1.57 bits per heavy atom. The summed E-state index contributed by atoms with van der Waals surface area (Å²) >= 11 is 0. The fourth-order valence-electron chi connectivity index (χ4n) is 4.13. The molecule has 1 heterocycles. The number of ether oxygens (including phenoxy) is 1. The van der Waals surface area contributed by atoms with Gasteiger partial charge in [-0.25, -0.2) is 4.90 Å². The van der Waals surface area contributed by atoms with Crippen molar-refractivity contribution < 1.29 is 19.1 Å². The van der Waals surface area contributed by atoms with E-state index in [0.29, 0.717) is 17.0 Å². The number of fused-ring (bicyclic) bond motifs is 1. The number of carbonyl (C=O) groups excluding carboxylic acids is 3. The molecule has 0 bridgehead atoms. The van der Waals surface area contributed by atoms with Gasteiger partial charge in [-0.05, 0) is 31.9 Å². The van der Waals surface area contributed by atoms with Crippen LogP contribution < -0.4 is 9.64 Å². The first-order valence-electron chi connectivity index (χ1n) is 9.76. The van der Waals surface area contributed by atoms with Gasteiger partial charge in [0.1, 0.15) is 5.75 Å². The van der Waals surface area contributed by atoms with Crippen LogP contribution in [0.2, 0.25) is 0 Å². The van der Waals surface area contributed by atoms with Gasteiger partial charge in [-0.1, -0.05) is 54.8 Å². The average molecular weight is 377 g/mol. The zero-order valence-electron chi connectivity index (χ0n) is 15.9. The number of ketones is 1. The number of para-hydroxylation sites is 2. The molecule has 1 aliphatic heterocycles. The van der Waals surface area contributed by atoms with Gasteiger partial charge in [0.25, 0.3) is 0 Å². The number of rotatable bonds is 5. The minimum absolute atomic E-state index is 0.143. The summed E-state index contributed by atoms with van der Waals surface area (Å²) in [7, 11) is 0. The zero-order valence-corrected chi connectivity index (χ0v) is 15.9. The Kier molecular flexibility index (Phi) is 4.99. The van der Waals surface area contributed by atoms with Crippen LogP contribution in [0.3, 0.4) is 0 Å². The maximum atomic E-state index is 12.9. The molecule has 1 saturated heterocycles. The minimum atomic E-state index is -0.219. The van der Waals surface area contributed by atoms with E-state index >= 15 is 0 Å². The normalized spacial score (nSPS) is 21.5. The number of nitrogens with zero attached hydrogens (tertiary/aromatic N) is 1. The predicted octanol–water partition coefficient (Wildman–Crippen LogP) is 3.94. The van der Waals surface area contributed by atoms with Crippen LogP contribution in [0.25, 0.3) is 0 Å². The van der Waals surface area contributed by atoms with E-state index < -0.39 is 0 Å². The van der Waals surface area contributed by atoms with E-state index in [-0.39, 0.29) is 36.0 Å². The van der Waals surface area contributed by atoms with Gasteiger partial charge >= 0.3 is 0 Å². The molecule has 28 heavy (non-hydrogen) atoms. The standard InChI is InChI=1S/C23H23NO4/c1-15-10-12-16(13-11-15)20(25)14-28-21-9-5-4-8-19(21)24-22(26)17-6-2-3-7-18(17)23(24)27/h4-5,8-13,17-18H,2-3,6-7,14H2,1H3/t17-,18-/m0/s1. The number of hydrogen-bond donors (Lipinski definition) is 0. The maximum absolute atomic E-state index is 12.9. The number of carbonyl (C=O) groups is 3. The van der Waals surface area contributed by atoms with Crippen molar-refractivity contribution in [1.29, 1.82) is 0 Å². The van der Waals surface area contributed by atoms with Crippen LogP contribution in [0, 0.1) is 18.8 Å². The molecule has 0 spiro atoms. The van der Waals surface area contributed by atoms with Crippen molar-refractivity contribution in [3.63, 3.8) is 0 Å². The van der Waals surface area contributed by atoms with Gasteiger partial charge in [0.05, 0.1) is 17.5 Å². The van der Waals surface area contributed by atoms with E-state index in [9.17, 15) is 14.4 Å². The van der Waals surface area contributed by atoms with Crippen molar-refractivity contribution in [2.45, 2.75) is 32.6 Å². The summed E-state index contributed by atoms with van der Waals surface area (Å²) in [5.74, 6) is -0.496. The molecule has 1 saturated carbocycles. The average Bonchev–Trinajstić information content (AvgIpc) is 2.97. The molecule has 5 nitrogen and oxygen atoms in total. The number of Topliss-reactive ketones (excluding diaryl/α,β-unsaturated/α-hetero) is 1. The molecule has 2 aromatic rings. The van der Waals surface area contributed by atoms with Crippen LogP contribution in [0.15, 0.2) is 48.5 Å². The molecule has 4 rings (SSSR count). The molecule has 0 radical (unpaired) electrons. The number of hydrogen-bond acceptors (Lipinski definition) is 4. The first kappa shape index (κ1) is 18.4. The van der Waals surface area contributed by atoms with Crippen LogP contribution in [-0.4, -0.2) is 24.2 Å². The van der Waals surface area contributed by atoms with Crippen molar-refractivity contribution >= 4 is 23.3 Å². The molecule has 1 aliphatic carbocycles. The number of imide groups is 1.